The smallest absolute Gasteiger partial charge is 0.255 e. The molecule has 118 valence electrons. The highest BCUT2D eigenvalue weighted by Crippen LogP contribution is 2.20. The maximum Gasteiger partial charge on any atom is 0.255 e. The number of halogens is 2. The van der Waals surface area contributed by atoms with Crippen LogP contribution in [0.15, 0.2) is 42.5 Å². The maximum absolute atomic E-state index is 13.2. The Morgan fingerprint density at radius 2 is 1.61 bits per heavy atom. The quantitative estimate of drug-likeness (QED) is 0.910. The number of nitrogens with one attached hydrogen (secondary N) is 2. The molecule has 0 spiro atoms. The summed E-state index contributed by atoms with van der Waals surface area (Å²) in [5, 5.41) is 5.31. The van der Waals surface area contributed by atoms with E-state index in [4.69, 9.17) is 0 Å². The zero-order valence-electron chi connectivity index (χ0n) is 12.1. The fourth-order valence-electron chi connectivity index (χ4n) is 2.08. The van der Waals surface area contributed by atoms with Crippen molar-refractivity contribution in [2.45, 2.75) is 18.9 Å². The third-order valence-electron chi connectivity index (χ3n) is 3.48. The van der Waals surface area contributed by atoms with Gasteiger partial charge in [0, 0.05) is 28.9 Å². The maximum atomic E-state index is 13.2. The van der Waals surface area contributed by atoms with Gasteiger partial charge in [0.1, 0.15) is 0 Å². The van der Waals surface area contributed by atoms with Crippen molar-refractivity contribution in [3.05, 3.63) is 65.2 Å². The summed E-state index contributed by atoms with van der Waals surface area (Å²) in [6.45, 7) is 0. The van der Waals surface area contributed by atoms with Gasteiger partial charge in [-0.05, 0) is 43.2 Å². The number of anilines is 1. The summed E-state index contributed by atoms with van der Waals surface area (Å²) in [4.78, 5) is 24.1. The second kappa shape index (κ2) is 6.16. The Bertz CT molecular complexity index is 773. The minimum atomic E-state index is -1.04. The number of carbonyl (C=O) groups is 2. The van der Waals surface area contributed by atoms with E-state index in [1.165, 1.54) is 12.1 Å². The van der Waals surface area contributed by atoms with Crippen molar-refractivity contribution in [2.75, 3.05) is 5.32 Å². The molecule has 3 rings (SSSR count). The van der Waals surface area contributed by atoms with Gasteiger partial charge in [0.15, 0.2) is 11.6 Å². The standard InChI is InChI=1S/C17H14F2N2O2/c18-14-7-6-13(9-15(14)19)21-17(23)11-3-1-2-10(8-11)16(22)20-12-4-5-12/h1-3,6-9,12H,4-5H2,(H,20,22)(H,21,23). The molecule has 0 saturated heterocycles. The van der Waals surface area contributed by atoms with Crippen LogP contribution in [0.2, 0.25) is 0 Å². The number of carbonyl (C=O) groups excluding carboxylic acids is 2. The molecule has 2 N–H and O–H groups in total. The predicted molar refractivity (Wildman–Crippen MR) is 81.2 cm³/mol. The second-order valence-corrected chi connectivity index (χ2v) is 5.41. The van der Waals surface area contributed by atoms with E-state index in [0.717, 1.165) is 25.0 Å². The van der Waals surface area contributed by atoms with Crippen LogP contribution in [0.1, 0.15) is 33.6 Å². The van der Waals surface area contributed by atoms with Gasteiger partial charge in [-0.3, -0.25) is 9.59 Å². The van der Waals surface area contributed by atoms with Crippen LogP contribution >= 0.6 is 0 Å². The normalized spacial score (nSPS) is 13.5. The van der Waals surface area contributed by atoms with Gasteiger partial charge >= 0.3 is 0 Å². The van der Waals surface area contributed by atoms with Crippen LogP contribution in [0.25, 0.3) is 0 Å². The van der Waals surface area contributed by atoms with E-state index in [2.05, 4.69) is 10.6 Å². The van der Waals surface area contributed by atoms with Crippen molar-refractivity contribution in [2.24, 2.45) is 0 Å². The Balaban J connectivity index is 1.73. The first-order valence-corrected chi connectivity index (χ1v) is 7.20. The van der Waals surface area contributed by atoms with E-state index in [0.29, 0.717) is 5.56 Å². The van der Waals surface area contributed by atoms with Crippen LogP contribution in [0.3, 0.4) is 0 Å². The summed E-state index contributed by atoms with van der Waals surface area (Å²) in [6.07, 6.45) is 1.95. The molecular formula is C17H14F2N2O2. The largest absolute Gasteiger partial charge is 0.349 e. The first kappa shape index (κ1) is 15.1. The summed E-state index contributed by atoms with van der Waals surface area (Å²) in [6, 6.07) is 9.55. The van der Waals surface area contributed by atoms with Crippen molar-refractivity contribution in [1.29, 1.82) is 0 Å². The highest BCUT2D eigenvalue weighted by atomic mass is 19.2. The van der Waals surface area contributed by atoms with Crippen LogP contribution in [-0.2, 0) is 0 Å². The lowest BCUT2D eigenvalue weighted by Crippen LogP contribution is -2.25. The molecule has 1 aliphatic carbocycles. The van der Waals surface area contributed by atoms with E-state index in [-0.39, 0.29) is 23.2 Å². The van der Waals surface area contributed by atoms with Crippen LogP contribution < -0.4 is 10.6 Å². The number of hydrogen-bond acceptors (Lipinski definition) is 2. The first-order valence-electron chi connectivity index (χ1n) is 7.20. The molecule has 0 aliphatic heterocycles. The van der Waals surface area contributed by atoms with E-state index in [1.54, 1.807) is 18.2 Å². The molecular weight excluding hydrogens is 302 g/mol. The molecule has 0 radical (unpaired) electrons. The molecule has 2 aromatic carbocycles. The predicted octanol–water partition coefficient (Wildman–Crippen LogP) is 3.11. The fraction of sp³-hybridized carbons (Fsp3) is 0.176. The fourth-order valence-corrected chi connectivity index (χ4v) is 2.08. The summed E-state index contributed by atoms with van der Waals surface area (Å²) in [5.74, 6) is -2.76. The highest BCUT2D eigenvalue weighted by molar-refractivity contribution is 6.06. The van der Waals surface area contributed by atoms with Crippen molar-refractivity contribution in [3.8, 4) is 0 Å². The lowest BCUT2D eigenvalue weighted by molar-refractivity contribution is 0.0951. The third kappa shape index (κ3) is 3.71. The molecule has 0 heterocycles. The van der Waals surface area contributed by atoms with Crippen LogP contribution in [0, 0.1) is 11.6 Å². The van der Waals surface area contributed by atoms with Crippen molar-refractivity contribution >= 4 is 17.5 Å². The van der Waals surface area contributed by atoms with E-state index in [1.807, 2.05) is 0 Å². The van der Waals surface area contributed by atoms with E-state index >= 15 is 0 Å². The minimum Gasteiger partial charge on any atom is -0.349 e. The Kier molecular flexibility index (Phi) is 4.06. The van der Waals surface area contributed by atoms with Gasteiger partial charge in [-0.1, -0.05) is 6.07 Å². The molecule has 2 aromatic rings. The van der Waals surface area contributed by atoms with Crippen LogP contribution in [0.4, 0.5) is 14.5 Å². The summed E-state index contributed by atoms with van der Waals surface area (Å²) < 4.78 is 26.0. The monoisotopic (exact) mass is 316 g/mol. The zero-order valence-corrected chi connectivity index (χ0v) is 12.1. The number of rotatable bonds is 4. The van der Waals surface area contributed by atoms with Crippen LogP contribution in [0.5, 0.6) is 0 Å². The van der Waals surface area contributed by atoms with Gasteiger partial charge in [0.05, 0.1) is 0 Å². The summed E-state index contributed by atoms with van der Waals surface area (Å²) in [5.41, 5.74) is 0.787. The molecule has 0 unspecified atom stereocenters. The molecule has 1 aliphatic rings. The Labute approximate surface area is 131 Å². The number of amides is 2. The average molecular weight is 316 g/mol. The molecule has 23 heavy (non-hydrogen) atoms. The van der Waals surface area contributed by atoms with Crippen molar-refractivity contribution in [1.82, 2.24) is 5.32 Å². The lowest BCUT2D eigenvalue weighted by Gasteiger charge is -2.08. The average Bonchev–Trinajstić information content (AvgIpc) is 3.35. The topological polar surface area (TPSA) is 58.2 Å². The summed E-state index contributed by atoms with van der Waals surface area (Å²) >= 11 is 0. The van der Waals surface area contributed by atoms with E-state index in [9.17, 15) is 18.4 Å². The zero-order chi connectivity index (χ0) is 16.4. The number of hydrogen-bond donors (Lipinski definition) is 2. The molecule has 6 heteroatoms. The van der Waals surface area contributed by atoms with Gasteiger partial charge in [-0.15, -0.1) is 0 Å². The third-order valence-corrected chi connectivity index (χ3v) is 3.48. The Morgan fingerprint density at radius 3 is 2.26 bits per heavy atom. The van der Waals surface area contributed by atoms with Gasteiger partial charge in [-0.25, -0.2) is 8.78 Å². The van der Waals surface area contributed by atoms with Gasteiger partial charge < -0.3 is 10.6 Å². The van der Waals surface area contributed by atoms with Gasteiger partial charge in [0.25, 0.3) is 11.8 Å². The Morgan fingerprint density at radius 1 is 0.913 bits per heavy atom. The van der Waals surface area contributed by atoms with Gasteiger partial charge in [-0.2, -0.15) is 0 Å². The molecule has 0 bridgehead atoms. The Hall–Kier alpha value is -2.76. The van der Waals surface area contributed by atoms with Crippen molar-refractivity contribution < 1.29 is 18.4 Å². The molecule has 2 amide bonds. The molecule has 0 aromatic heterocycles. The number of benzene rings is 2. The lowest BCUT2D eigenvalue weighted by atomic mass is 10.1. The second-order valence-electron chi connectivity index (χ2n) is 5.41. The molecule has 4 nitrogen and oxygen atoms in total. The summed E-state index contributed by atoms with van der Waals surface area (Å²) in [7, 11) is 0. The molecule has 1 fully saturated rings. The SMILES string of the molecule is O=C(Nc1ccc(F)c(F)c1)c1cccc(C(=O)NC2CC2)c1. The first-order chi connectivity index (χ1) is 11.0. The van der Waals surface area contributed by atoms with Crippen molar-refractivity contribution in [3.63, 3.8) is 0 Å². The minimum absolute atomic E-state index is 0.140. The highest BCUT2D eigenvalue weighted by Gasteiger charge is 2.24. The van der Waals surface area contributed by atoms with Crippen LogP contribution in [-0.4, -0.2) is 17.9 Å². The van der Waals surface area contributed by atoms with Gasteiger partial charge in [0.2, 0.25) is 0 Å². The molecule has 0 atom stereocenters. The molecule has 1 saturated carbocycles. The van der Waals surface area contributed by atoms with E-state index < -0.39 is 17.5 Å².